The van der Waals surface area contributed by atoms with Crippen molar-refractivity contribution in [1.82, 2.24) is 14.6 Å². The summed E-state index contributed by atoms with van der Waals surface area (Å²) < 4.78 is 20.1. The van der Waals surface area contributed by atoms with Crippen LogP contribution < -0.4 is 10.1 Å². The van der Waals surface area contributed by atoms with Crippen molar-refractivity contribution in [3.8, 4) is 16.9 Å². The molecule has 0 bridgehead atoms. The number of aromatic nitrogens is 3. The number of aryl methyl sites for hydroxylation is 1. The van der Waals surface area contributed by atoms with Crippen LogP contribution in [0.4, 0.5) is 16.0 Å². The Bertz CT molecular complexity index is 1530. The minimum absolute atomic E-state index is 0.0884. The average Bonchev–Trinajstić information content (AvgIpc) is 3.29. The van der Waals surface area contributed by atoms with E-state index in [9.17, 15) is 9.18 Å². The van der Waals surface area contributed by atoms with Crippen LogP contribution in [0, 0.1) is 12.7 Å². The highest BCUT2D eigenvalue weighted by molar-refractivity contribution is 5.83. The van der Waals surface area contributed by atoms with Gasteiger partial charge in [0.15, 0.2) is 5.65 Å². The summed E-state index contributed by atoms with van der Waals surface area (Å²) >= 11 is 0. The van der Waals surface area contributed by atoms with E-state index in [4.69, 9.17) is 4.74 Å². The maximum Gasteiger partial charge on any atom is 0.247 e. The number of Topliss-reactive ketones (excluding diaryl/α,β-unsaturated/α-hetero) is 1. The lowest BCUT2D eigenvalue weighted by atomic mass is 10.0. The molecule has 0 saturated heterocycles. The minimum atomic E-state index is -0.300. The molecular weight excluding hydrogens is 455 g/mol. The molecule has 0 aliphatic rings. The number of methoxy groups -OCH3 is 1. The lowest BCUT2D eigenvalue weighted by molar-refractivity contribution is -0.117. The molecule has 0 atom stereocenters. The van der Waals surface area contributed by atoms with Crippen molar-refractivity contribution in [2.45, 2.75) is 19.8 Å². The number of carbonyl (C=O) groups is 1. The zero-order valence-corrected chi connectivity index (χ0v) is 20.0. The number of carbonyl (C=O) groups excluding carboxylic acids is 1. The molecule has 0 fully saturated rings. The van der Waals surface area contributed by atoms with Gasteiger partial charge in [0, 0.05) is 30.3 Å². The summed E-state index contributed by atoms with van der Waals surface area (Å²) in [6, 6.07) is 23.7. The van der Waals surface area contributed by atoms with Gasteiger partial charge in [0.1, 0.15) is 17.3 Å². The number of nitrogens with zero attached hydrogens (tertiary/aromatic N) is 3. The second-order valence-corrected chi connectivity index (χ2v) is 8.68. The van der Waals surface area contributed by atoms with Crippen LogP contribution in [0.3, 0.4) is 0 Å². The second-order valence-electron chi connectivity index (χ2n) is 8.68. The number of hydrogen-bond donors (Lipinski definition) is 1. The van der Waals surface area contributed by atoms with E-state index < -0.39 is 0 Å². The number of hydrogen-bond acceptors (Lipinski definition) is 5. The zero-order valence-electron chi connectivity index (χ0n) is 20.0. The van der Waals surface area contributed by atoms with Gasteiger partial charge in [-0.1, -0.05) is 36.4 Å². The number of anilines is 2. The van der Waals surface area contributed by atoms with Gasteiger partial charge in [0.2, 0.25) is 5.95 Å². The van der Waals surface area contributed by atoms with Gasteiger partial charge in [-0.05, 0) is 71.6 Å². The molecule has 7 heteroatoms. The third-order valence-corrected chi connectivity index (χ3v) is 6.01. The first kappa shape index (κ1) is 23.2. The van der Waals surface area contributed by atoms with Crippen LogP contribution in [0.15, 0.2) is 85.1 Å². The predicted octanol–water partition coefficient (Wildman–Crippen LogP) is 5.95. The Hall–Kier alpha value is -4.52. The molecule has 0 radical (unpaired) electrons. The molecule has 0 unspecified atom stereocenters. The SMILES string of the molecule is COc1ccc(Nc2nc3ccc(-c4ccc(CC(=O)Cc5ccc(F)cc5)cc4)cn3n2)c(C)c1. The number of ether oxygens (including phenoxy) is 1. The summed E-state index contributed by atoms with van der Waals surface area (Å²) in [6.07, 6.45) is 2.56. The molecule has 0 aliphatic carbocycles. The number of fused-ring (bicyclic) bond motifs is 1. The molecule has 180 valence electrons. The van der Waals surface area contributed by atoms with Gasteiger partial charge in [0.05, 0.1) is 7.11 Å². The van der Waals surface area contributed by atoms with Gasteiger partial charge in [-0.25, -0.2) is 8.91 Å². The van der Waals surface area contributed by atoms with Gasteiger partial charge in [-0.3, -0.25) is 4.79 Å². The van der Waals surface area contributed by atoms with Gasteiger partial charge in [-0.2, -0.15) is 4.98 Å². The molecule has 5 rings (SSSR count). The van der Waals surface area contributed by atoms with Crippen LogP contribution in [0.1, 0.15) is 16.7 Å². The number of nitrogens with one attached hydrogen (secondary N) is 1. The second kappa shape index (κ2) is 10.00. The van der Waals surface area contributed by atoms with E-state index in [1.807, 2.05) is 67.7 Å². The Labute approximate surface area is 208 Å². The first-order chi connectivity index (χ1) is 17.5. The largest absolute Gasteiger partial charge is 0.497 e. The third kappa shape index (κ3) is 5.25. The van der Waals surface area contributed by atoms with E-state index in [1.165, 1.54) is 12.1 Å². The number of pyridine rings is 1. The van der Waals surface area contributed by atoms with E-state index in [0.29, 0.717) is 12.4 Å². The highest BCUT2D eigenvalue weighted by Crippen LogP contribution is 2.25. The van der Waals surface area contributed by atoms with E-state index in [2.05, 4.69) is 15.4 Å². The van der Waals surface area contributed by atoms with E-state index in [-0.39, 0.29) is 18.0 Å². The van der Waals surface area contributed by atoms with Gasteiger partial charge in [-0.15, -0.1) is 5.10 Å². The Morgan fingerprint density at radius 2 is 1.58 bits per heavy atom. The van der Waals surface area contributed by atoms with Crippen molar-refractivity contribution in [3.63, 3.8) is 0 Å². The molecule has 0 saturated carbocycles. The van der Waals surface area contributed by atoms with E-state index in [1.54, 1.807) is 23.8 Å². The lowest BCUT2D eigenvalue weighted by Gasteiger charge is -2.07. The Morgan fingerprint density at radius 1 is 0.917 bits per heavy atom. The van der Waals surface area contributed by atoms with Crippen molar-refractivity contribution >= 4 is 23.1 Å². The minimum Gasteiger partial charge on any atom is -0.497 e. The Balaban J connectivity index is 1.27. The molecule has 6 nitrogen and oxygen atoms in total. The summed E-state index contributed by atoms with van der Waals surface area (Å²) in [6.45, 7) is 2.00. The van der Waals surface area contributed by atoms with Gasteiger partial charge >= 0.3 is 0 Å². The summed E-state index contributed by atoms with van der Waals surface area (Å²) in [4.78, 5) is 17.0. The molecule has 5 aromatic rings. The van der Waals surface area contributed by atoms with Crippen LogP contribution >= 0.6 is 0 Å². The predicted molar refractivity (Wildman–Crippen MR) is 138 cm³/mol. The molecule has 3 aromatic carbocycles. The van der Waals surface area contributed by atoms with Crippen LogP contribution in [0.5, 0.6) is 5.75 Å². The maximum atomic E-state index is 13.1. The van der Waals surface area contributed by atoms with Gasteiger partial charge < -0.3 is 10.1 Å². The Kier molecular flexibility index (Phi) is 6.45. The smallest absolute Gasteiger partial charge is 0.247 e. The summed E-state index contributed by atoms with van der Waals surface area (Å²) in [7, 11) is 1.65. The van der Waals surface area contributed by atoms with Crippen LogP contribution in [0.25, 0.3) is 16.8 Å². The normalized spacial score (nSPS) is 11.0. The lowest BCUT2D eigenvalue weighted by Crippen LogP contribution is -2.06. The van der Waals surface area contributed by atoms with Crippen LogP contribution in [-0.2, 0) is 17.6 Å². The summed E-state index contributed by atoms with van der Waals surface area (Å²) in [5.41, 5.74) is 6.44. The van der Waals surface area contributed by atoms with Gasteiger partial charge in [0.25, 0.3) is 0 Å². The molecule has 1 N–H and O–H groups in total. The van der Waals surface area contributed by atoms with E-state index in [0.717, 1.165) is 44.9 Å². The van der Waals surface area contributed by atoms with Crippen molar-refractivity contribution in [3.05, 3.63) is 108 Å². The van der Waals surface area contributed by atoms with Crippen LogP contribution in [0.2, 0.25) is 0 Å². The van der Waals surface area contributed by atoms with E-state index >= 15 is 0 Å². The van der Waals surface area contributed by atoms with Crippen molar-refractivity contribution in [1.29, 1.82) is 0 Å². The fourth-order valence-electron chi connectivity index (χ4n) is 4.07. The Morgan fingerprint density at radius 3 is 2.25 bits per heavy atom. The quantitative estimate of drug-likeness (QED) is 0.297. The van der Waals surface area contributed by atoms with Crippen molar-refractivity contribution in [2.75, 3.05) is 12.4 Å². The van der Waals surface area contributed by atoms with Crippen LogP contribution in [-0.4, -0.2) is 27.5 Å². The standard InChI is InChI=1S/C29H25FN4O2/c1-19-15-26(36-2)12-13-27(19)31-29-32-28-14-9-23(18-34(28)33-29)22-7-3-20(4-8-22)16-25(35)17-21-5-10-24(30)11-6-21/h3-15,18H,16-17H2,1-2H3,(H,31,33). The number of rotatable bonds is 8. The molecule has 2 heterocycles. The third-order valence-electron chi connectivity index (χ3n) is 6.01. The maximum absolute atomic E-state index is 13.1. The number of halogens is 1. The first-order valence-electron chi connectivity index (χ1n) is 11.6. The molecule has 36 heavy (non-hydrogen) atoms. The van der Waals surface area contributed by atoms with Crippen molar-refractivity contribution < 1.29 is 13.9 Å². The fourth-order valence-corrected chi connectivity index (χ4v) is 4.07. The zero-order chi connectivity index (χ0) is 25.1. The highest BCUT2D eigenvalue weighted by Gasteiger charge is 2.09. The number of benzene rings is 3. The first-order valence-corrected chi connectivity index (χ1v) is 11.6. The highest BCUT2D eigenvalue weighted by atomic mass is 19.1. The monoisotopic (exact) mass is 480 g/mol. The molecule has 2 aromatic heterocycles. The molecular formula is C29H25FN4O2. The number of ketones is 1. The fraction of sp³-hybridized carbons (Fsp3) is 0.138. The molecule has 0 spiro atoms. The summed E-state index contributed by atoms with van der Waals surface area (Å²) in [5.74, 6) is 1.10. The van der Waals surface area contributed by atoms with Crippen molar-refractivity contribution in [2.24, 2.45) is 0 Å². The topological polar surface area (TPSA) is 68.5 Å². The summed E-state index contributed by atoms with van der Waals surface area (Å²) in [5, 5.41) is 7.84. The molecule has 0 aliphatic heterocycles. The average molecular weight is 481 g/mol. The molecule has 0 amide bonds.